The molecule has 0 aliphatic rings. The van der Waals surface area contributed by atoms with E-state index in [0.29, 0.717) is 6.54 Å². The third-order valence-electron chi connectivity index (χ3n) is 2.50. The number of aromatic carboxylic acids is 1. The Labute approximate surface area is 110 Å². The van der Waals surface area contributed by atoms with Crippen molar-refractivity contribution in [3.8, 4) is 0 Å². The van der Waals surface area contributed by atoms with Gasteiger partial charge in [-0.1, -0.05) is 49.0 Å². The Morgan fingerprint density at radius 2 is 2.11 bits per heavy atom. The van der Waals surface area contributed by atoms with Crippen LogP contribution in [0.15, 0.2) is 41.7 Å². The van der Waals surface area contributed by atoms with Crippen LogP contribution in [0.5, 0.6) is 0 Å². The van der Waals surface area contributed by atoms with E-state index in [1.54, 1.807) is 16.3 Å². The topological polar surface area (TPSA) is 55.1 Å². The first-order valence-corrected chi connectivity index (χ1v) is 6.66. The summed E-state index contributed by atoms with van der Waals surface area (Å²) in [4.78, 5) is 15.3. The zero-order valence-electron chi connectivity index (χ0n) is 10.0. The van der Waals surface area contributed by atoms with Gasteiger partial charge in [0.15, 0.2) is 5.16 Å². The normalized spacial score (nSPS) is 10.5. The van der Waals surface area contributed by atoms with E-state index >= 15 is 0 Å². The largest absolute Gasteiger partial charge is 0.477 e. The van der Waals surface area contributed by atoms with Crippen LogP contribution >= 0.6 is 11.8 Å². The third kappa shape index (κ3) is 2.73. The Balaban J connectivity index is 2.34. The van der Waals surface area contributed by atoms with Crippen LogP contribution in [0.3, 0.4) is 0 Å². The van der Waals surface area contributed by atoms with Gasteiger partial charge in [-0.2, -0.15) is 0 Å². The van der Waals surface area contributed by atoms with Crippen LogP contribution < -0.4 is 0 Å². The molecule has 2 rings (SSSR count). The molecule has 5 heteroatoms. The molecule has 18 heavy (non-hydrogen) atoms. The smallest absolute Gasteiger partial charge is 0.354 e. The second kappa shape index (κ2) is 5.73. The van der Waals surface area contributed by atoms with Crippen molar-refractivity contribution in [2.75, 3.05) is 5.75 Å². The SMILES string of the molecule is CCSc1ncc(C(=O)O)n1Cc1ccccc1. The van der Waals surface area contributed by atoms with Gasteiger partial charge < -0.3 is 9.67 Å². The quantitative estimate of drug-likeness (QED) is 0.842. The van der Waals surface area contributed by atoms with E-state index in [4.69, 9.17) is 5.11 Å². The maximum absolute atomic E-state index is 11.2. The van der Waals surface area contributed by atoms with Crippen molar-refractivity contribution in [2.24, 2.45) is 0 Å². The van der Waals surface area contributed by atoms with Crippen molar-refractivity contribution in [2.45, 2.75) is 18.6 Å². The second-order valence-corrected chi connectivity index (χ2v) is 4.97. The molecule has 1 aromatic heterocycles. The summed E-state index contributed by atoms with van der Waals surface area (Å²) in [5.74, 6) is -0.0772. The zero-order valence-corrected chi connectivity index (χ0v) is 10.9. The number of carbonyl (C=O) groups is 1. The molecule has 0 saturated carbocycles. The van der Waals surface area contributed by atoms with E-state index in [-0.39, 0.29) is 5.69 Å². The lowest BCUT2D eigenvalue weighted by atomic mass is 10.2. The molecule has 1 heterocycles. The first-order valence-electron chi connectivity index (χ1n) is 5.68. The molecule has 0 aliphatic heterocycles. The van der Waals surface area contributed by atoms with Crippen LogP contribution in [0.2, 0.25) is 0 Å². The number of nitrogens with zero attached hydrogens (tertiary/aromatic N) is 2. The Kier molecular flexibility index (Phi) is 4.04. The van der Waals surface area contributed by atoms with Crippen LogP contribution in [0.25, 0.3) is 0 Å². The molecule has 1 N–H and O–H groups in total. The highest BCUT2D eigenvalue weighted by molar-refractivity contribution is 7.99. The fourth-order valence-electron chi connectivity index (χ4n) is 1.69. The van der Waals surface area contributed by atoms with E-state index in [2.05, 4.69) is 4.98 Å². The van der Waals surface area contributed by atoms with Gasteiger partial charge in [0.2, 0.25) is 0 Å². The molecule has 94 valence electrons. The van der Waals surface area contributed by atoms with Gasteiger partial charge in [-0.05, 0) is 11.3 Å². The molecule has 0 atom stereocenters. The molecule has 0 aliphatic carbocycles. The molecule has 4 nitrogen and oxygen atoms in total. The number of thioether (sulfide) groups is 1. The number of benzene rings is 1. The lowest BCUT2D eigenvalue weighted by Gasteiger charge is -2.09. The minimum absolute atomic E-state index is 0.231. The highest BCUT2D eigenvalue weighted by Crippen LogP contribution is 2.19. The Hall–Kier alpha value is -1.75. The molecule has 0 spiro atoms. The average Bonchev–Trinajstić information content (AvgIpc) is 2.74. The van der Waals surface area contributed by atoms with Crippen LogP contribution in [0, 0.1) is 0 Å². The predicted molar refractivity (Wildman–Crippen MR) is 71.1 cm³/mol. The van der Waals surface area contributed by atoms with Gasteiger partial charge in [0.25, 0.3) is 0 Å². The van der Waals surface area contributed by atoms with E-state index in [9.17, 15) is 4.79 Å². The monoisotopic (exact) mass is 262 g/mol. The van der Waals surface area contributed by atoms with Gasteiger partial charge >= 0.3 is 5.97 Å². The summed E-state index contributed by atoms with van der Waals surface area (Å²) >= 11 is 1.55. The van der Waals surface area contributed by atoms with Crippen molar-refractivity contribution in [1.82, 2.24) is 9.55 Å². The van der Waals surface area contributed by atoms with Crippen molar-refractivity contribution in [1.29, 1.82) is 0 Å². The van der Waals surface area contributed by atoms with Crippen molar-refractivity contribution in [3.05, 3.63) is 47.8 Å². The van der Waals surface area contributed by atoms with Gasteiger partial charge in [-0.25, -0.2) is 9.78 Å². The lowest BCUT2D eigenvalue weighted by molar-refractivity contribution is 0.0684. The molecule has 0 unspecified atom stereocenters. The van der Waals surface area contributed by atoms with Gasteiger partial charge in [0, 0.05) is 0 Å². The highest BCUT2D eigenvalue weighted by atomic mass is 32.2. The molecular formula is C13H14N2O2S. The standard InChI is InChI=1S/C13H14N2O2S/c1-2-18-13-14-8-11(12(16)17)15(13)9-10-6-4-3-5-7-10/h3-8H,2,9H2,1H3,(H,16,17). The number of rotatable bonds is 5. The molecule has 0 radical (unpaired) electrons. The molecule has 0 fully saturated rings. The minimum Gasteiger partial charge on any atom is -0.477 e. The van der Waals surface area contributed by atoms with Crippen LogP contribution in [0.4, 0.5) is 0 Å². The summed E-state index contributed by atoms with van der Waals surface area (Å²) in [6, 6.07) is 9.79. The summed E-state index contributed by atoms with van der Waals surface area (Å²) in [6.45, 7) is 2.55. The maximum atomic E-state index is 11.2. The fourth-order valence-corrected chi connectivity index (χ4v) is 2.40. The zero-order chi connectivity index (χ0) is 13.0. The number of hydrogen-bond acceptors (Lipinski definition) is 3. The summed E-state index contributed by atoms with van der Waals surface area (Å²) in [7, 11) is 0. The summed E-state index contributed by atoms with van der Waals surface area (Å²) in [5, 5.41) is 9.90. The van der Waals surface area contributed by atoms with E-state index < -0.39 is 5.97 Å². The molecule has 0 saturated heterocycles. The van der Waals surface area contributed by atoms with Crippen LogP contribution in [0.1, 0.15) is 23.0 Å². The fraction of sp³-hybridized carbons (Fsp3) is 0.231. The van der Waals surface area contributed by atoms with Gasteiger partial charge in [0.1, 0.15) is 5.69 Å². The molecule has 0 bridgehead atoms. The molecule has 1 aromatic carbocycles. The predicted octanol–water partition coefficient (Wildman–Crippen LogP) is 2.74. The van der Waals surface area contributed by atoms with Crippen molar-refractivity contribution >= 4 is 17.7 Å². The summed E-state index contributed by atoms with van der Waals surface area (Å²) in [5.41, 5.74) is 1.30. The van der Waals surface area contributed by atoms with Crippen molar-refractivity contribution < 1.29 is 9.90 Å². The number of aromatic nitrogens is 2. The minimum atomic E-state index is -0.943. The third-order valence-corrected chi connectivity index (χ3v) is 3.37. The number of imidazole rings is 1. The lowest BCUT2D eigenvalue weighted by Crippen LogP contribution is -2.10. The van der Waals surface area contributed by atoms with E-state index in [1.165, 1.54) is 6.20 Å². The molecular weight excluding hydrogens is 248 g/mol. The Morgan fingerprint density at radius 1 is 1.39 bits per heavy atom. The van der Waals surface area contributed by atoms with Gasteiger partial charge in [0.05, 0.1) is 12.7 Å². The van der Waals surface area contributed by atoms with Crippen molar-refractivity contribution in [3.63, 3.8) is 0 Å². The summed E-state index contributed by atoms with van der Waals surface area (Å²) in [6.07, 6.45) is 1.42. The maximum Gasteiger partial charge on any atom is 0.354 e. The van der Waals surface area contributed by atoms with E-state index in [0.717, 1.165) is 16.5 Å². The average molecular weight is 262 g/mol. The number of carboxylic acid groups (broad SMARTS) is 1. The first kappa shape index (κ1) is 12.7. The van der Waals surface area contributed by atoms with Gasteiger partial charge in [-0.15, -0.1) is 0 Å². The molecule has 0 amide bonds. The van der Waals surface area contributed by atoms with E-state index in [1.807, 2.05) is 37.3 Å². The Morgan fingerprint density at radius 3 is 2.72 bits per heavy atom. The second-order valence-electron chi connectivity index (χ2n) is 3.74. The highest BCUT2D eigenvalue weighted by Gasteiger charge is 2.15. The van der Waals surface area contributed by atoms with Gasteiger partial charge in [-0.3, -0.25) is 0 Å². The van der Waals surface area contributed by atoms with Crippen LogP contribution in [-0.2, 0) is 6.54 Å². The van der Waals surface area contributed by atoms with Crippen LogP contribution in [-0.4, -0.2) is 26.4 Å². The number of carboxylic acids is 1. The Bertz CT molecular complexity index is 537. The molecule has 2 aromatic rings. The summed E-state index contributed by atoms with van der Waals surface area (Å²) < 4.78 is 1.74. The first-order chi connectivity index (χ1) is 8.72. The number of hydrogen-bond donors (Lipinski definition) is 1.